The maximum absolute atomic E-state index is 9.57. The molecule has 3 N–H and O–H groups in total. The number of methoxy groups -OCH3 is 1. The number of hydrogen-bond donors (Lipinski definition) is 3. The first-order chi connectivity index (χ1) is 12.7. The Labute approximate surface area is 151 Å². The molecule has 2 aromatic rings. The van der Waals surface area contributed by atoms with Gasteiger partial charge in [0.25, 0.3) is 0 Å². The summed E-state index contributed by atoms with van der Waals surface area (Å²) in [6.45, 7) is 3.68. The van der Waals surface area contributed by atoms with Crippen LogP contribution in [0, 0.1) is 0 Å². The Balaban J connectivity index is 1.49. The van der Waals surface area contributed by atoms with Gasteiger partial charge in [-0.05, 0) is 12.5 Å². The fourth-order valence-corrected chi connectivity index (χ4v) is 3.19. The highest BCUT2D eigenvalue weighted by atomic mass is 16.5. The molecule has 4 heterocycles. The van der Waals surface area contributed by atoms with Gasteiger partial charge in [-0.3, -0.25) is 5.10 Å². The molecule has 140 valence electrons. The van der Waals surface area contributed by atoms with Crippen molar-refractivity contribution in [2.45, 2.75) is 31.6 Å². The maximum atomic E-state index is 9.57. The van der Waals surface area contributed by atoms with Crippen molar-refractivity contribution in [3.8, 4) is 0 Å². The predicted molar refractivity (Wildman–Crippen MR) is 95.1 cm³/mol. The SMILES string of the molecule is COCc1cc(CNc2cc(C3CCOC3)nc(N3CC(O)C3)n2)[nH]n1. The fourth-order valence-electron chi connectivity index (χ4n) is 3.19. The van der Waals surface area contributed by atoms with E-state index in [4.69, 9.17) is 14.5 Å². The summed E-state index contributed by atoms with van der Waals surface area (Å²) in [5, 5.41) is 20.1. The average Bonchev–Trinajstić information content (AvgIpc) is 3.29. The molecule has 2 aromatic heterocycles. The van der Waals surface area contributed by atoms with E-state index in [1.165, 1.54) is 0 Å². The van der Waals surface area contributed by atoms with Gasteiger partial charge in [0.15, 0.2) is 0 Å². The number of hydrogen-bond acceptors (Lipinski definition) is 8. The number of anilines is 2. The van der Waals surface area contributed by atoms with Crippen molar-refractivity contribution in [1.29, 1.82) is 0 Å². The molecule has 0 saturated carbocycles. The molecule has 2 fully saturated rings. The zero-order valence-electron chi connectivity index (χ0n) is 14.8. The second-order valence-electron chi connectivity index (χ2n) is 6.77. The molecule has 4 rings (SSSR count). The minimum Gasteiger partial charge on any atom is -0.389 e. The number of ether oxygens (including phenoxy) is 2. The zero-order chi connectivity index (χ0) is 17.9. The summed E-state index contributed by atoms with van der Waals surface area (Å²) >= 11 is 0. The summed E-state index contributed by atoms with van der Waals surface area (Å²) in [6.07, 6.45) is 0.678. The fraction of sp³-hybridized carbons (Fsp3) is 0.588. The van der Waals surface area contributed by atoms with Crippen molar-refractivity contribution in [2.24, 2.45) is 0 Å². The summed E-state index contributed by atoms with van der Waals surface area (Å²) in [6, 6.07) is 3.96. The Bertz CT molecular complexity index is 740. The molecule has 0 aromatic carbocycles. The number of nitrogens with one attached hydrogen (secondary N) is 2. The lowest BCUT2D eigenvalue weighted by molar-refractivity contribution is 0.140. The van der Waals surface area contributed by atoms with E-state index in [0.717, 1.165) is 35.9 Å². The van der Waals surface area contributed by atoms with Gasteiger partial charge < -0.3 is 24.8 Å². The molecule has 9 heteroatoms. The number of aliphatic hydroxyl groups is 1. The third kappa shape index (κ3) is 3.79. The quantitative estimate of drug-likeness (QED) is 0.660. The van der Waals surface area contributed by atoms with E-state index < -0.39 is 0 Å². The van der Waals surface area contributed by atoms with E-state index in [1.54, 1.807) is 7.11 Å². The number of aliphatic hydroxyl groups excluding tert-OH is 1. The van der Waals surface area contributed by atoms with Crippen LogP contribution in [0.3, 0.4) is 0 Å². The highest BCUT2D eigenvalue weighted by Gasteiger charge is 2.28. The molecule has 2 aliphatic rings. The van der Waals surface area contributed by atoms with Crippen molar-refractivity contribution in [3.05, 3.63) is 29.2 Å². The van der Waals surface area contributed by atoms with E-state index in [0.29, 0.717) is 44.7 Å². The van der Waals surface area contributed by atoms with Gasteiger partial charge in [-0.2, -0.15) is 10.1 Å². The van der Waals surface area contributed by atoms with Crippen LogP contribution in [0.25, 0.3) is 0 Å². The number of rotatable bonds is 7. The molecule has 1 atom stereocenters. The van der Waals surface area contributed by atoms with Crippen molar-refractivity contribution in [1.82, 2.24) is 20.2 Å². The van der Waals surface area contributed by atoms with Crippen LogP contribution in [-0.2, 0) is 22.6 Å². The highest BCUT2D eigenvalue weighted by Crippen LogP contribution is 2.28. The molecule has 0 spiro atoms. The first kappa shape index (κ1) is 17.2. The molecule has 2 aliphatic heterocycles. The van der Waals surface area contributed by atoms with E-state index >= 15 is 0 Å². The first-order valence-electron chi connectivity index (χ1n) is 8.87. The van der Waals surface area contributed by atoms with Crippen LogP contribution in [0.2, 0.25) is 0 Å². The molecule has 0 bridgehead atoms. The van der Waals surface area contributed by atoms with Crippen LogP contribution in [0.5, 0.6) is 0 Å². The van der Waals surface area contributed by atoms with Gasteiger partial charge in [-0.1, -0.05) is 0 Å². The molecule has 2 saturated heterocycles. The van der Waals surface area contributed by atoms with E-state index in [9.17, 15) is 5.11 Å². The van der Waals surface area contributed by atoms with Gasteiger partial charge in [0.2, 0.25) is 5.95 Å². The van der Waals surface area contributed by atoms with Crippen molar-refractivity contribution in [2.75, 3.05) is 43.6 Å². The van der Waals surface area contributed by atoms with Gasteiger partial charge in [-0.25, -0.2) is 4.98 Å². The Morgan fingerprint density at radius 2 is 2.27 bits per heavy atom. The lowest BCUT2D eigenvalue weighted by atomic mass is 10.0. The standard InChI is InChI=1S/C17H24N6O3/c1-25-10-13-4-12(21-22-13)6-18-16-5-15(11-2-3-26-9-11)19-17(20-16)23-7-14(24)8-23/h4-5,11,14,24H,2-3,6-10H2,1H3,(H,21,22)(H,18,19,20). The van der Waals surface area contributed by atoms with Crippen molar-refractivity contribution in [3.63, 3.8) is 0 Å². The minimum atomic E-state index is -0.294. The van der Waals surface area contributed by atoms with Crippen molar-refractivity contribution >= 4 is 11.8 Å². The van der Waals surface area contributed by atoms with Crippen LogP contribution in [0.1, 0.15) is 29.4 Å². The molecule has 0 amide bonds. The highest BCUT2D eigenvalue weighted by molar-refractivity contribution is 5.46. The lowest BCUT2D eigenvalue weighted by Gasteiger charge is -2.36. The zero-order valence-corrected chi connectivity index (χ0v) is 14.8. The number of β-amino-alcohol motifs (C(OH)–C–C–N with tert-alkyl or cyclic N) is 1. The monoisotopic (exact) mass is 360 g/mol. The Morgan fingerprint density at radius 1 is 1.38 bits per heavy atom. The second kappa shape index (κ2) is 7.56. The normalized spacial score (nSPS) is 20.4. The first-order valence-corrected chi connectivity index (χ1v) is 8.87. The minimum absolute atomic E-state index is 0.294. The second-order valence-corrected chi connectivity index (χ2v) is 6.77. The van der Waals surface area contributed by atoms with E-state index in [1.807, 2.05) is 17.0 Å². The predicted octanol–water partition coefficient (Wildman–Crippen LogP) is 0.643. The van der Waals surface area contributed by atoms with Gasteiger partial charge in [0.05, 0.1) is 42.9 Å². The molecule has 26 heavy (non-hydrogen) atoms. The van der Waals surface area contributed by atoms with Gasteiger partial charge in [-0.15, -0.1) is 0 Å². The third-order valence-corrected chi connectivity index (χ3v) is 4.66. The number of nitrogens with zero attached hydrogens (tertiary/aromatic N) is 4. The third-order valence-electron chi connectivity index (χ3n) is 4.66. The maximum Gasteiger partial charge on any atom is 0.227 e. The molecule has 1 unspecified atom stereocenters. The summed E-state index contributed by atoms with van der Waals surface area (Å²) in [5.41, 5.74) is 2.81. The molecule has 9 nitrogen and oxygen atoms in total. The molecule has 0 aliphatic carbocycles. The average molecular weight is 360 g/mol. The summed E-state index contributed by atoms with van der Waals surface area (Å²) in [7, 11) is 1.65. The largest absolute Gasteiger partial charge is 0.389 e. The van der Waals surface area contributed by atoms with E-state index in [-0.39, 0.29) is 6.10 Å². The Morgan fingerprint density at radius 3 is 3.00 bits per heavy atom. The van der Waals surface area contributed by atoms with Crippen LogP contribution in [-0.4, -0.2) is 64.8 Å². The molecular formula is C17H24N6O3. The molecule has 0 radical (unpaired) electrons. The summed E-state index contributed by atoms with van der Waals surface area (Å²) in [4.78, 5) is 11.3. The van der Waals surface area contributed by atoms with Crippen LogP contribution >= 0.6 is 0 Å². The van der Waals surface area contributed by atoms with Gasteiger partial charge in [0, 0.05) is 38.8 Å². The van der Waals surface area contributed by atoms with E-state index in [2.05, 4.69) is 20.5 Å². The molecular weight excluding hydrogens is 336 g/mol. The summed E-state index contributed by atoms with van der Waals surface area (Å²) < 4.78 is 10.6. The van der Waals surface area contributed by atoms with Crippen LogP contribution < -0.4 is 10.2 Å². The van der Waals surface area contributed by atoms with Crippen molar-refractivity contribution < 1.29 is 14.6 Å². The topological polar surface area (TPSA) is 108 Å². The van der Waals surface area contributed by atoms with Gasteiger partial charge >= 0.3 is 0 Å². The van der Waals surface area contributed by atoms with Crippen LogP contribution in [0.15, 0.2) is 12.1 Å². The van der Waals surface area contributed by atoms with Crippen LogP contribution in [0.4, 0.5) is 11.8 Å². The Hall–Kier alpha value is -2.23. The lowest BCUT2D eigenvalue weighted by Crippen LogP contribution is -2.51. The van der Waals surface area contributed by atoms with Gasteiger partial charge in [0.1, 0.15) is 5.82 Å². The number of aromatic amines is 1. The summed E-state index contributed by atoms with van der Waals surface area (Å²) in [5.74, 6) is 1.72. The number of aromatic nitrogens is 4. The number of H-pyrrole nitrogens is 1. The Kier molecular flexibility index (Phi) is 5.00. The smallest absolute Gasteiger partial charge is 0.227 e.